The van der Waals surface area contributed by atoms with Gasteiger partial charge in [0.1, 0.15) is 0 Å². The second-order valence-electron chi connectivity index (χ2n) is 2.12. The van der Waals surface area contributed by atoms with Crippen LogP contribution in [0.25, 0.3) is 0 Å². The zero-order valence-corrected chi connectivity index (χ0v) is 6.76. The average Bonchev–Trinajstić information content (AvgIpc) is 1.82. The zero-order chi connectivity index (χ0) is 8.15. The van der Waals surface area contributed by atoms with Gasteiger partial charge < -0.3 is 0 Å². The van der Waals surface area contributed by atoms with Crippen LogP contribution in [0.1, 0.15) is 20.3 Å². The Labute approximate surface area is 64.8 Å². The van der Waals surface area contributed by atoms with E-state index < -0.39 is 4.92 Å². The molecule has 0 N–H and O–H groups in total. The van der Waals surface area contributed by atoms with Crippen LogP contribution in [0.5, 0.6) is 0 Å². The summed E-state index contributed by atoms with van der Waals surface area (Å²) in [5, 5.41) is 9.97. The topological polar surface area (TPSA) is 43.1 Å². The Morgan fingerprint density at radius 1 is 1.90 bits per heavy atom. The minimum Gasteiger partial charge on any atom is -0.259 e. The molecule has 58 valence electrons. The smallest absolute Gasteiger partial charge is 0.239 e. The van der Waals surface area contributed by atoms with E-state index in [2.05, 4.69) is 0 Å². The molecule has 10 heavy (non-hydrogen) atoms. The maximum absolute atomic E-state index is 10.0. The third-order valence-electron chi connectivity index (χ3n) is 1.03. The van der Waals surface area contributed by atoms with E-state index >= 15 is 0 Å². The van der Waals surface area contributed by atoms with Crippen LogP contribution < -0.4 is 0 Å². The summed E-state index contributed by atoms with van der Waals surface area (Å²) in [5.74, 6) is 0. The quantitative estimate of drug-likeness (QED) is 0.364. The summed E-state index contributed by atoms with van der Waals surface area (Å²) < 4.78 is 0. The van der Waals surface area contributed by atoms with Gasteiger partial charge in [0.25, 0.3) is 0 Å². The van der Waals surface area contributed by atoms with Gasteiger partial charge in [-0.05, 0) is 19.4 Å². The van der Waals surface area contributed by atoms with Gasteiger partial charge in [-0.25, -0.2) is 0 Å². The molecular formula is C6H10ClNO2. The third kappa shape index (κ3) is 4.32. The molecule has 4 heteroatoms. The third-order valence-corrected chi connectivity index (χ3v) is 1.20. The molecule has 0 aliphatic heterocycles. The van der Waals surface area contributed by atoms with Crippen molar-refractivity contribution in [3.63, 3.8) is 0 Å². The molecule has 0 aromatic heterocycles. The normalized spacial score (nSPS) is 14.9. The van der Waals surface area contributed by atoms with Crippen LogP contribution in [0.15, 0.2) is 11.8 Å². The summed E-state index contributed by atoms with van der Waals surface area (Å²) in [4.78, 5) is 9.59. The van der Waals surface area contributed by atoms with Gasteiger partial charge in [0.2, 0.25) is 5.70 Å². The van der Waals surface area contributed by atoms with Crippen LogP contribution in [-0.4, -0.2) is 10.3 Å². The Morgan fingerprint density at radius 2 is 2.40 bits per heavy atom. The second kappa shape index (κ2) is 4.28. The Kier molecular flexibility index (Phi) is 4.03. The lowest BCUT2D eigenvalue weighted by atomic mass is 10.3. The maximum Gasteiger partial charge on any atom is 0.239 e. The highest BCUT2D eigenvalue weighted by atomic mass is 35.5. The van der Waals surface area contributed by atoms with Gasteiger partial charge in [-0.2, -0.15) is 0 Å². The molecular weight excluding hydrogens is 154 g/mol. The van der Waals surface area contributed by atoms with Crippen molar-refractivity contribution in [1.29, 1.82) is 0 Å². The van der Waals surface area contributed by atoms with Crippen LogP contribution in [0.4, 0.5) is 0 Å². The number of hydrogen-bond acceptors (Lipinski definition) is 2. The first-order valence-corrected chi connectivity index (χ1v) is 3.43. The molecule has 0 spiro atoms. The van der Waals surface area contributed by atoms with Crippen molar-refractivity contribution < 1.29 is 4.92 Å². The Morgan fingerprint density at radius 3 is 2.70 bits per heavy atom. The van der Waals surface area contributed by atoms with Crippen LogP contribution >= 0.6 is 11.6 Å². The molecule has 0 aromatic rings. The van der Waals surface area contributed by atoms with Gasteiger partial charge in [-0.1, -0.05) is 0 Å². The first-order valence-electron chi connectivity index (χ1n) is 2.99. The molecule has 0 amide bonds. The van der Waals surface area contributed by atoms with Crippen LogP contribution in [-0.2, 0) is 0 Å². The number of alkyl halides is 1. The number of allylic oxidation sites excluding steroid dienone is 2. The van der Waals surface area contributed by atoms with Crippen LogP contribution in [0.2, 0.25) is 0 Å². The summed E-state index contributed by atoms with van der Waals surface area (Å²) >= 11 is 5.56. The van der Waals surface area contributed by atoms with E-state index in [1.165, 1.54) is 13.0 Å². The molecule has 0 aliphatic rings. The van der Waals surface area contributed by atoms with Gasteiger partial charge in [0.15, 0.2) is 0 Å². The first kappa shape index (κ1) is 9.43. The molecule has 0 saturated carbocycles. The van der Waals surface area contributed by atoms with Gasteiger partial charge in [-0.3, -0.25) is 10.1 Å². The predicted molar refractivity (Wildman–Crippen MR) is 40.7 cm³/mol. The zero-order valence-electron chi connectivity index (χ0n) is 6.00. The lowest BCUT2D eigenvalue weighted by molar-refractivity contribution is -0.424. The molecule has 0 rings (SSSR count). The van der Waals surface area contributed by atoms with E-state index in [0.29, 0.717) is 6.42 Å². The highest BCUT2D eigenvalue weighted by Gasteiger charge is 2.01. The van der Waals surface area contributed by atoms with Gasteiger partial charge in [-0.15, -0.1) is 11.6 Å². The number of hydrogen-bond donors (Lipinski definition) is 0. The second-order valence-corrected chi connectivity index (χ2v) is 2.86. The lowest BCUT2D eigenvalue weighted by Crippen LogP contribution is -1.95. The van der Waals surface area contributed by atoms with Crippen molar-refractivity contribution in [2.75, 3.05) is 0 Å². The molecule has 3 nitrogen and oxygen atoms in total. The SMILES string of the molecule is C/C(=C/CC(C)Cl)[N+](=O)[O-]. The molecule has 0 fully saturated rings. The Hall–Kier alpha value is -0.570. The summed E-state index contributed by atoms with van der Waals surface area (Å²) in [5.41, 5.74) is 0.160. The predicted octanol–water partition coefficient (Wildman–Crippen LogP) is 2.18. The fraction of sp³-hybridized carbons (Fsp3) is 0.667. The van der Waals surface area contributed by atoms with E-state index in [0.717, 1.165) is 0 Å². The van der Waals surface area contributed by atoms with E-state index in [1.807, 2.05) is 0 Å². The van der Waals surface area contributed by atoms with E-state index in [4.69, 9.17) is 11.6 Å². The molecule has 0 bridgehead atoms. The van der Waals surface area contributed by atoms with Crippen molar-refractivity contribution in [2.24, 2.45) is 0 Å². The highest BCUT2D eigenvalue weighted by molar-refractivity contribution is 6.20. The van der Waals surface area contributed by atoms with Crippen LogP contribution in [0, 0.1) is 10.1 Å². The number of nitro groups is 1. The van der Waals surface area contributed by atoms with E-state index in [9.17, 15) is 10.1 Å². The summed E-state index contributed by atoms with van der Waals surface area (Å²) in [6.45, 7) is 3.25. The lowest BCUT2D eigenvalue weighted by Gasteiger charge is -1.93. The molecule has 1 atom stereocenters. The van der Waals surface area contributed by atoms with Crippen molar-refractivity contribution in [2.45, 2.75) is 25.6 Å². The molecule has 0 aliphatic carbocycles. The summed E-state index contributed by atoms with van der Waals surface area (Å²) in [6, 6.07) is 0. The maximum atomic E-state index is 10.0. The van der Waals surface area contributed by atoms with Crippen molar-refractivity contribution in [3.8, 4) is 0 Å². The summed E-state index contributed by atoms with van der Waals surface area (Å²) in [6.07, 6.45) is 2.08. The average molecular weight is 164 g/mol. The fourth-order valence-corrected chi connectivity index (χ4v) is 0.497. The molecule has 0 heterocycles. The van der Waals surface area contributed by atoms with Gasteiger partial charge in [0.05, 0.1) is 4.92 Å². The summed E-state index contributed by atoms with van der Waals surface area (Å²) in [7, 11) is 0. The molecule has 0 saturated heterocycles. The Balaban J connectivity index is 3.81. The van der Waals surface area contributed by atoms with Crippen molar-refractivity contribution >= 4 is 11.6 Å². The minimum atomic E-state index is -0.417. The highest BCUT2D eigenvalue weighted by Crippen LogP contribution is 2.04. The number of halogens is 1. The van der Waals surface area contributed by atoms with Gasteiger partial charge in [0, 0.05) is 12.3 Å². The van der Waals surface area contributed by atoms with Crippen LogP contribution in [0.3, 0.4) is 0 Å². The molecule has 0 radical (unpaired) electrons. The largest absolute Gasteiger partial charge is 0.259 e. The van der Waals surface area contributed by atoms with Crippen molar-refractivity contribution in [3.05, 3.63) is 21.9 Å². The number of nitrogens with zero attached hydrogens (tertiary/aromatic N) is 1. The molecule has 0 aromatic carbocycles. The molecule has 1 unspecified atom stereocenters. The number of rotatable bonds is 3. The van der Waals surface area contributed by atoms with E-state index in [1.54, 1.807) is 6.92 Å². The standard InChI is InChI=1S/C6H10ClNO2/c1-5(7)3-4-6(2)8(9)10/h4-5H,3H2,1-2H3/b6-4-. The first-order chi connectivity index (χ1) is 4.54. The van der Waals surface area contributed by atoms with E-state index in [-0.39, 0.29) is 11.1 Å². The Bertz CT molecular complexity index is 154. The fourth-order valence-electron chi connectivity index (χ4n) is 0.407. The van der Waals surface area contributed by atoms with Crippen molar-refractivity contribution in [1.82, 2.24) is 0 Å². The monoisotopic (exact) mass is 163 g/mol. The minimum absolute atomic E-state index is 0.0325. The van der Waals surface area contributed by atoms with Gasteiger partial charge >= 0.3 is 0 Å².